The van der Waals surface area contributed by atoms with E-state index in [1.807, 2.05) is 0 Å². The van der Waals surface area contributed by atoms with Crippen LogP contribution in [0.3, 0.4) is 0 Å². The molecule has 0 atom stereocenters. The van der Waals surface area contributed by atoms with Crippen LogP contribution in [0.1, 0.15) is 12.8 Å². The van der Waals surface area contributed by atoms with Crippen LogP contribution in [-0.4, -0.2) is 60.9 Å². The van der Waals surface area contributed by atoms with Crippen molar-refractivity contribution in [2.75, 3.05) is 32.8 Å². The summed E-state index contributed by atoms with van der Waals surface area (Å²) >= 11 is 0. The van der Waals surface area contributed by atoms with Crippen molar-refractivity contribution in [2.45, 2.75) is 18.9 Å². The Morgan fingerprint density at radius 2 is 2.06 bits per heavy atom. The summed E-state index contributed by atoms with van der Waals surface area (Å²) in [6, 6.07) is -0.118. The zero-order valence-corrected chi connectivity index (χ0v) is 9.72. The molecule has 0 radical (unpaired) electrons. The molecule has 2 amide bonds. The predicted molar refractivity (Wildman–Crippen MR) is 60.6 cm³/mol. The smallest absolute Gasteiger partial charge is 0.329 e. The van der Waals surface area contributed by atoms with Gasteiger partial charge in [-0.2, -0.15) is 0 Å². The summed E-state index contributed by atoms with van der Waals surface area (Å²) in [6.45, 7) is 1.78. The molecule has 7 nitrogen and oxygen atoms in total. The molecule has 0 aromatic rings. The van der Waals surface area contributed by atoms with Crippen molar-refractivity contribution in [3.63, 3.8) is 0 Å². The number of piperidine rings is 1. The summed E-state index contributed by atoms with van der Waals surface area (Å²) in [6.07, 6.45) is 1.27. The molecular weight excluding hydrogens is 226 g/mol. The fourth-order valence-corrected chi connectivity index (χ4v) is 1.71. The Hall–Kier alpha value is -1.34. The molecule has 98 valence electrons. The quantitative estimate of drug-likeness (QED) is 0.589. The molecule has 1 aliphatic rings. The van der Waals surface area contributed by atoms with Crippen LogP contribution in [0.15, 0.2) is 0 Å². The number of aliphatic carboxylic acids is 1. The molecule has 1 saturated heterocycles. The molecule has 1 fully saturated rings. The second-order valence-corrected chi connectivity index (χ2v) is 3.91. The maximum atomic E-state index is 11.6. The Labute approximate surface area is 99.9 Å². The third-order valence-corrected chi connectivity index (χ3v) is 2.59. The highest BCUT2D eigenvalue weighted by atomic mass is 16.5. The van der Waals surface area contributed by atoms with Crippen LogP contribution in [0.4, 0.5) is 4.79 Å². The molecule has 0 saturated carbocycles. The van der Waals surface area contributed by atoms with E-state index in [1.54, 1.807) is 4.90 Å². The van der Waals surface area contributed by atoms with Crippen LogP contribution in [0, 0.1) is 0 Å². The van der Waals surface area contributed by atoms with E-state index in [-0.39, 0.29) is 18.7 Å². The zero-order valence-electron chi connectivity index (χ0n) is 9.72. The first-order chi connectivity index (χ1) is 8.13. The normalized spacial score (nSPS) is 16.9. The first-order valence-corrected chi connectivity index (χ1v) is 5.69. The van der Waals surface area contributed by atoms with Gasteiger partial charge in [-0.25, -0.2) is 9.59 Å². The third kappa shape index (κ3) is 5.01. The Balaban J connectivity index is 2.20. The molecule has 0 unspecified atom stereocenters. The van der Waals surface area contributed by atoms with E-state index in [0.29, 0.717) is 39.0 Å². The Kier molecular flexibility index (Phi) is 5.71. The van der Waals surface area contributed by atoms with Gasteiger partial charge in [-0.3, -0.25) is 0 Å². The van der Waals surface area contributed by atoms with E-state index in [4.69, 9.17) is 15.6 Å². The van der Waals surface area contributed by atoms with E-state index in [1.165, 1.54) is 0 Å². The Morgan fingerprint density at radius 1 is 1.41 bits per heavy atom. The van der Waals surface area contributed by atoms with Gasteiger partial charge in [-0.15, -0.1) is 0 Å². The second-order valence-electron chi connectivity index (χ2n) is 3.91. The van der Waals surface area contributed by atoms with E-state index in [9.17, 15) is 9.59 Å². The highest BCUT2D eigenvalue weighted by Gasteiger charge is 2.23. The van der Waals surface area contributed by atoms with Crippen molar-refractivity contribution in [1.29, 1.82) is 0 Å². The molecule has 0 aromatic heterocycles. The molecule has 7 heteroatoms. The lowest BCUT2D eigenvalue weighted by Gasteiger charge is -2.31. The second kappa shape index (κ2) is 7.08. The average Bonchev–Trinajstić information content (AvgIpc) is 2.34. The van der Waals surface area contributed by atoms with Gasteiger partial charge in [-0.05, 0) is 12.8 Å². The number of urea groups is 1. The minimum atomic E-state index is -0.965. The van der Waals surface area contributed by atoms with Crippen LogP contribution >= 0.6 is 0 Å². The van der Waals surface area contributed by atoms with E-state index in [0.717, 1.165) is 0 Å². The molecule has 0 bridgehead atoms. The minimum Gasteiger partial charge on any atom is -0.480 e. The zero-order chi connectivity index (χ0) is 12.7. The van der Waals surface area contributed by atoms with E-state index in [2.05, 4.69) is 5.32 Å². The molecule has 1 heterocycles. The number of carboxylic acid groups (broad SMARTS) is 1. The van der Waals surface area contributed by atoms with Crippen molar-refractivity contribution in [3.05, 3.63) is 0 Å². The van der Waals surface area contributed by atoms with Gasteiger partial charge in [0.25, 0.3) is 0 Å². The average molecular weight is 245 g/mol. The number of ether oxygens (including phenoxy) is 1. The van der Waals surface area contributed by atoms with E-state index < -0.39 is 5.97 Å². The SMILES string of the molecule is NCCNC(=O)N1CCC(OCC(=O)O)CC1. The number of nitrogens with one attached hydrogen (secondary N) is 1. The van der Waals surface area contributed by atoms with Gasteiger partial charge in [0.2, 0.25) is 0 Å². The summed E-state index contributed by atoms with van der Waals surface area (Å²) in [5.74, 6) is -0.965. The van der Waals surface area contributed by atoms with Gasteiger partial charge in [0.1, 0.15) is 6.61 Å². The third-order valence-electron chi connectivity index (χ3n) is 2.59. The number of nitrogens with two attached hydrogens (primary N) is 1. The van der Waals surface area contributed by atoms with Crippen molar-refractivity contribution in [1.82, 2.24) is 10.2 Å². The molecule has 0 aliphatic carbocycles. The maximum Gasteiger partial charge on any atom is 0.329 e. The van der Waals surface area contributed by atoms with Crippen molar-refractivity contribution in [3.8, 4) is 0 Å². The number of nitrogens with zero attached hydrogens (tertiary/aromatic N) is 1. The molecule has 17 heavy (non-hydrogen) atoms. The molecule has 4 N–H and O–H groups in total. The highest BCUT2D eigenvalue weighted by molar-refractivity contribution is 5.74. The molecule has 0 spiro atoms. The van der Waals surface area contributed by atoms with Gasteiger partial charge in [0, 0.05) is 26.2 Å². The standard InChI is InChI=1S/C10H19N3O4/c11-3-4-12-10(16)13-5-1-8(2-6-13)17-7-9(14)15/h8H,1-7,11H2,(H,12,16)(H,14,15). The topological polar surface area (TPSA) is 105 Å². The van der Waals surface area contributed by atoms with Crippen LogP contribution in [0.5, 0.6) is 0 Å². The lowest BCUT2D eigenvalue weighted by molar-refractivity contribution is -0.145. The fourth-order valence-electron chi connectivity index (χ4n) is 1.71. The molecule has 0 aromatic carbocycles. The van der Waals surface area contributed by atoms with Gasteiger partial charge in [0.05, 0.1) is 6.10 Å². The van der Waals surface area contributed by atoms with Gasteiger partial charge in [0.15, 0.2) is 0 Å². The number of hydrogen-bond acceptors (Lipinski definition) is 4. The van der Waals surface area contributed by atoms with Crippen LogP contribution in [-0.2, 0) is 9.53 Å². The number of carboxylic acids is 1. The summed E-state index contributed by atoms with van der Waals surface area (Å²) in [4.78, 5) is 23.6. The number of carbonyl (C=O) groups is 2. The predicted octanol–water partition coefficient (Wildman–Crippen LogP) is -0.780. The summed E-state index contributed by atoms with van der Waals surface area (Å²) in [7, 11) is 0. The largest absolute Gasteiger partial charge is 0.480 e. The van der Waals surface area contributed by atoms with Gasteiger partial charge in [-0.1, -0.05) is 0 Å². The number of rotatable bonds is 5. The molecule has 1 aliphatic heterocycles. The number of likely N-dealkylation sites (tertiary alicyclic amines) is 1. The molecule has 1 rings (SSSR count). The number of hydrogen-bond donors (Lipinski definition) is 3. The van der Waals surface area contributed by atoms with E-state index >= 15 is 0 Å². The number of carbonyl (C=O) groups excluding carboxylic acids is 1. The molecular formula is C10H19N3O4. The first-order valence-electron chi connectivity index (χ1n) is 5.69. The lowest BCUT2D eigenvalue weighted by atomic mass is 10.1. The minimum absolute atomic E-state index is 0.0651. The van der Waals surface area contributed by atoms with Crippen LogP contribution in [0.2, 0.25) is 0 Å². The maximum absolute atomic E-state index is 11.6. The van der Waals surface area contributed by atoms with Crippen LogP contribution in [0.25, 0.3) is 0 Å². The first kappa shape index (κ1) is 13.7. The monoisotopic (exact) mass is 245 g/mol. The van der Waals surface area contributed by atoms with Crippen molar-refractivity contribution in [2.24, 2.45) is 5.73 Å². The Bertz CT molecular complexity index is 264. The Morgan fingerprint density at radius 3 is 2.59 bits per heavy atom. The fraction of sp³-hybridized carbons (Fsp3) is 0.800. The van der Waals surface area contributed by atoms with Gasteiger partial charge >= 0.3 is 12.0 Å². The summed E-state index contributed by atoms with van der Waals surface area (Å²) in [5.41, 5.74) is 5.29. The van der Waals surface area contributed by atoms with Crippen LogP contribution < -0.4 is 11.1 Å². The summed E-state index contributed by atoms with van der Waals surface area (Å²) in [5, 5.41) is 11.2. The van der Waals surface area contributed by atoms with Crippen molar-refractivity contribution >= 4 is 12.0 Å². The summed E-state index contributed by atoms with van der Waals surface area (Å²) < 4.78 is 5.18. The van der Waals surface area contributed by atoms with Gasteiger partial charge < -0.3 is 25.8 Å². The number of amides is 2. The lowest BCUT2D eigenvalue weighted by Crippen LogP contribution is -2.47. The van der Waals surface area contributed by atoms with Crippen molar-refractivity contribution < 1.29 is 19.4 Å². The highest BCUT2D eigenvalue weighted by Crippen LogP contribution is 2.13.